The molecule has 0 saturated carbocycles. The Morgan fingerprint density at radius 3 is 2.07 bits per heavy atom. The first-order chi connectivity index (χ1) is 13.4. The van der Waals surface area contributed by atoms with Gasteiger partial charge in [0, 0.05) is 0 Å². The molecule has 12 nitrogen and oxygen atoms in total. The third-order valence-corrected chi connectivity index (χ3v) is 2.57. The van der Waals surface area contributed by atoms with Crippen LogP contribution in [0.5, 0.6) is 0 Å². The zero-order valence-corrected chi connectivity index (χ0v) is 17.4. The van der Waals surface area contributed by atoms with Gasteiger partial charge in [-0.1, -0.05) is 6.07 Å². The highest BCUT2D eigenvalue weighted by molar-refractivity contribution is 7.85. The summed E-state index contributed by atoms with van der Waals surface area (Å²) in [5.41, 5.74) is 5.27. The first kappa shape index (κ1) is 27.0. The molecule has 0 bridgehead atoms. The number of H-pyrrole nitrogens is 1. The largest absolute Gasteiger partial charge is 0.370 e. The zero-order chi connectivity index (χ0) is 23.9. The Hall–Kier alpha value is -2.95. The van der Waals surface area contributed by atoms with E-state index in [4.69, 9.17) is 20.2 Å². The highest BCUT2D eigenvalue weighted by Crippen LogP contribution is 2.23. The predicted molar refractivity (Wildman–Crippen MR) is 103 cm³/mol. The maximum absolute atomic E-state index is 13.6. The van der Waals surface area contributed by atoms with E-state index in [0.29, 0.717) is 12.5 Å². The van der Waals surface area contributed by atoms with Gasteiger partial charge in [-0.25, -0.2) is 13.8 Å². The van der Waals surface area contributed by atoms with Crippen LogP contribution in [0, 0.1) is 24.0 Å². The molecule has 0 aliphatic rings. The molecule has 16 heteroatoms. The van der Waals surface area contributed by atoms with Crippen molar-refractivity contribution in [2.24, 2.45) is 5.73 Å². The third-order valence-electron chi connectivity index (χ3n) is 2.57. The summed E-state index contributed by atoms with van der Waals surface area (Å²) in [5, 5.41) is 9.05. The molecular formula is C14H19F2N5O7S2. The second kappa shape index (κ2) is 10.7. The summed E-state index contributed by atoms with van der Waals surface area (Å²) in [6, 6.07) is 3.66. The molecule has 168 valence electrons. The van der Waals surface area contributed by atoms with E-state index in [1.807, 2.05) is 0 Å². The van der Waals surface area contributed by atoms with Gasteiger partial charge in [-0.05, 0) is 19.1 Å². The highest BCUT2D eigenvalue weighted by Gasteiger charge is 2.18. The Morgan fingerprint density at radius 1 is 1.17 bits per heavy atom. The Kier molecular flexibility index (Phi) is 9.67. The number of rotatable bonds is 2. The van der Waals surface area contributed by atoms with Crippen molar-refractivity contribution in [3.05, 3.63) is 41.2 Å². The lowest BCUT2D eigenvalue weighted by atomic mass is 10.2. The monoisotopic (exact) mass is 471 g/mol. The van der Waals surface area contributed by atoms with Crippen LogP contribution in [0.25, 0.3) is 11.4 Å². The van der Waals surface area contributed by atoms with Gasteiger partial charge >= 0.3 is 0 Å². The van der Waals surface area contributed by atoms with Gasteiger partial charge in [-0.15, -0.1) is 0 Å². The molecule has 0 radical (unpaired) electrons. The Morgan fingerprint density at radius 2 is 1.63 bits per heavy atom. The quantitative estimate of drug-likeness (QED) is 0.201. The molecule has 2 rings (SSSR count). The molecule has 0 saturated heterocycles. The summed E-state index contributed by atoms with van der Waals surface area (Å²) >= 11 is 0. The fourth-order valence-corrected chi connectivity index (χ4v) is 1.68. The molecule has 0 atom stereocenters. The van der Waals surface area contributed by atoms with E-state index in [0.717, 1.165) is 6.07 Å². The number of guanidine groups is 1. The van der Waals surface area contributed by atoms with Crippen molar-refractivity contribution in [2.75, 3.05) is 12.5 Å². The number of aryl methyl sites for hydroxylation is 1. The number of aromatic amines is 1. The minimum atomic E-state index is -3.67. The first-order valence-electron chi connectivity index (χ1n) is 7.41. The van der Waals surface area contributed by atoms with Crippen molar-refractivity contribution >= 4 is 32.1 Å². The number of carbonyl (C=O) groups is 1. The third kappa shape index (κ3) is 11.8. The minimum absolute atomic E-state index is 0.0215. The van der Waals surface area contributed by atoms with Crippen molar-refractivity contribution in [1.29, 1.82) is 5.41 Å². The smallest absolute Gasteiger partial charge is 0.276 e. The van der Waals surface area contributed by atoms with Gasteiger partial charge < -0.3 is 10.7 Å². The molecule has 1 aromatic heterocycles. The van der Waals surface area contributed by atoms with E-state index in [9.17, 15) is 30.4 Å². The second-order valence-electron chi connectivity index (χ2n) is 5.48. The average molecular weight is 471 g/mol. The molecule has 2 aromatic rings. The van der Waals surface area contributed by atoms with E-state index >= 15 is 0 Å². The van der Waals surface area contributed by atoms with E-state index < -0.39 is 43.7 Å². The number of nitrogens with zero attached hydrogens (tertiary/aromatic N) is 1. The predicted octanol–water partition coefficient (Wildman–Crippen LogP) is 0.295. The average Bonchev–Trinajstić information content (AvgIpc) is 2.88. The molecule has 1 amide bonds. The number of aromatic nitrogens is 2. The van der Waals surface area contributed by atoms with Crippen LogP contribution in [-0.2, 0) is 20.2 Å². The van der Waals surface area contributed by atoms with Crippen molar-refractivity contribution in [3.63, 3.8) is 0 Å². The molecule has 0 spiro atoms. The summed E-state index contributed by atoms with van der Waals surface area (Å²) in [4.78, 5) is 18.3. The number of halogens is 2. The SMILES string of the molecule is CS(=O)(=O)O.CS(=O)(=O)O.Cc1nc(-c2cccc(F)c2F)[nH]c1C(=O)NC(=N)N. The Balaban J connectivity index is 0.000000702. The molecule has 7 N–H and O–H groups in total. The summed E-state index contributed by atoms with van der Waals surface area (Å²) in [6.07, 6.45) is 1.43. The molecule has 0 unspecified atom stereocenters. The fraction of sp³-hybridized carbons (Fsp3) is 0.214. The van der Waals surface area contributed by atoms with E-state index in [2.05, 4.69) is 15.3 Å². The normalized spacial score (nSPS) is 10.8. The van der Waals surface area contributed by atoms with Crippen LogP contribution in [-0.4, -0.2) is 60.3 Å². The number of benzene rings is 1. The molecule has 0 aliphatic heterocycles. The molecule has 0 fully saturated rings. The Bertz CT molecular complexity index is 1090. The standard InChI is InChI=1S/C12H11F2N5O.2CH4O3S/c1-5-9(11(20)19-12(15)16)18-10(17-5)6-3-2-4-7(13)8(6)14;2*1-5(2,3)4/h2-4H,1H3,(H,17,18)(H4,15,16,19,20);2*1H3,(H,2,3,4). The summed E-state index contributed by atoms with van der Waals surface area (Å²) < 4.78 is 78.5. The Labute approximate surface area is 170 Å². The van der Waals surface area contributed by atoms with Gasteiger partial charge in [0.15, 0.2) is 17.6 Å². The molecule has 1 aromatic carbocycles. The van der Waals surface area contributed by atoms with Crippen LogP contribution in [0.4, 0.5) is 8.78 Å². The lowest BCUT2D eigenvalue weighted by Crippen LogP contribution is -2.36. The maximum atomic E-state index is 13.6. The summed E-state index contributed by atoms with van der Waals surface area (Å²) in [6.45, 7) is 1.52. The second-order valence-corrected chi connectivity index (χ2v) is 8.41. The lowest BCUT2D eigenvalue weighted by Gasteiger charge is -2.01. The number of hydrogen-bond acceptors (Lipinski definition) is 7. The number of nitrogens with one attached hydrogen (secondary N) is 3. The molecular weight excluding hydrogens is 452 g/mol. The number of carbonyl (C=O) groups excluding carboxylic acids is 1. The molecule has 1 heterocycles. The van der Waals surface area contributed by atoms with Crippen LogP contribution in [0.15, 0.2) is 18.2 Å². The van der Waals surface area contributed by atoms with E-state index in [1.54, 1.807) is 0 Å². The van der Waals surface area contributed by atoms with Gasteiger partial charge in [0.2, 0.25) is 0 Å². The van der Waals surface area contributed by atoms with Gasteiger partial charge in [-0.3, -0.25) is 24.6 Å². The van der Waals surface area contributed by atoms with Gasteiger partial charge in [0.25, 0.3) is 26.1 Å². The minimum Gasteiger partial charge on any atom is -0.370 e. The molecule has 0 aliphatic carbocycles. The van der Waals surface area contributed by atoms with Crippen LogP contribution in [0.3, 0.4) is 0 Å². The maximum Gasteiger partial charge on any atom is 0.276 e. The van der Waals surface area contributed by atoms with Gasteiger partial charge in [0.1, 0.15) is 11.5 Å². The number of hydrogen-bond donors (Lipinski definition) is 6. The van der Waals surface area contributed by atoms with Crippen LogP contribution in [0.1, 0.15) is 16.2 Å². The number of amides is 1. The van der Waals surface area contributed by atoms with Gasteiger partial charge in [-0.2, -0.15) is 16.8 Å². The fourth-order valence-electron chi connectivity index (χ4n) is 1.68. The number of imidazole rings is 1. The zero-order valence-electron chi connectivity index (χ0n) is 15.8. The van der Waals surface area contributed by atoms with Crippen molar-refractivity contribution in [1.82, 2.24) is 15.3 Å². The van der Waals surface area contributed by atoms with Crippen LogP contribution < -0.4 is 11.1 Å². The van der Waals surface area contributed by atoms with E-state index in [1.165, 1.54) is 19.1 Å². The number of nitrogens with two attached hydrogens (primary N) is 1. The van der Waals surface area contributed by atoms with Gasteiger partial charge in [0.05, 0.1) is 23.8 Å². The van der Waals surface area contributed by atoms with Crippen molar-refractivity contribution < 1.29 is 39.5 Å². The van der Waals surface area contributed by atoms with Crippen molar-refractivity contribution in [2.45, 2.75) is 6.92 Å². The topological polar surface area (TPSA) is 216 Å². The highest BCUT2D eigenvalue weighted by atomic mass is 32.2. The van der Waals surface area contributed by atoms with Crippen molar-refractivity contribution in [3.8, 4) is 11.4 Å². The first-order valence-corrected chi connectivity index (χ1v) is 11.1. The van der Waals surface area contributed by atoms with Crippen LogP contribution in [0.2, 0.25) is 0 Å². The summed E-state index contributed by atoms with van der Waals surface area (Å²) in [7, 11) is -7.33. The van der Waals surface area contributed by atoms with E-state index in [-0.39, 0.29) is 22.8 Å². The van der Waals surface area contributed by atoms with Crippen LogP contribution >= 0.6 is 0 Å². The lowest BCUT2D eigenvalue weighted by molar-refractivity contribution is 0.0971. The molecule has 30 heavy (non-hydrogen) atoms. The summed E-state index contributed by atoms with van der Waals surface area (Å²) in [5.74, 6) is -3.24.